The van der Waals surface area contributed by atoms with E-state index in [9.17, 15) is 14.4 Å². The van der Waals surface area contributed by atoms with Crippen LogP contribution in [-0.2, 0) is 11.3 Å². The van der Waals surface area contributed by atoms with Crippen molar-refractivity contribution in [1.82, 2.24) is 20.1 Å². The van der Waals surface area contributed by atoms with Crippen molar-refractivity contribution in [3.8, 4) is 0 Å². The number of benzene rings is 2. The molecular weight excluding hydrogens is 454 g/mol. The number of thioether (sulfide) groups is 1. The number of carbonyl (C=O) groups is 3. The number of aryl methyl sites for hydroxylation is 1. The van der Waals surface area contributed by atoms with Gasteiger partial charge in [0.2, 0.25) is 5.91 Å². The van der Waals surface area contributed by atoms with Gasteiger partial charge in [-0.05, 0) is 44.2 Å². The SMILES string of the molecule is C=CCn1c(SCC(=O)Nc2cccc(C(=O)O)c2)nnc1[C@H](C)NC(=O)c1cccc(C)c1. The van der Waals surface area contributed by atoms with Crippen LogP contribution in [-0.4, -0.2) is 43.4 Å². The number of carboxylic acids is 1. The van der Waals surface area contributed by atoms with E-state index in [1.807, 2.05) is 32.0 Å². The number of nitrogens with one attached hydrogen (secondary N) is 2. The number of aromatic carboxylic acids is 1. The van der Waals surface area contributed by atoms with E-state index in [-0.39, 0.29) is 23.1 Å². The Bertz CT molecular complexity index is 1220. The maximum Gasteiger partial charge on any atom is 0.335 e. The Hall–Kier alpha value is -3.92. The third-order valence-electron chi connectivity index (χ3n) is 4.80. The Morgan fingerprint density at radius 2 is 1.88 bits per heavy atom. The number of hydrogen-bond donors (Lipinski definition) is 3. The molecule has 1 atom stereocenters. The standard InChI is InChI=1S/C24H25N5O4S/c1-4-11-29-21(16(3)25-22(31)17-8-5-7-15(2)12-17)27-28-24(29)34-14-20(30)26-19-10-6-9-18(13-19)23(32)33/h4-10,12-13,16H,1,11,14H2,2-3H3,(H,25,31)(H,26,30)(H,32,33)/t16-/m0/s1. The lowest BCUT2D eigenvalue weighted by atomic mass is 10.1. The number of allylic oxidation sites excluding steroid dienone is 1. The molecule has 0 unspecified atom stereocenters. The van der Waals surface area contributed by atoms with Crippen molar-refractivity contribution in [3.63, 3.8) is 0 Å². The van der Waals surface area contributed by atoms with Crippen LogP contribution in [0.15, 0.2) is 66.3 Å². The van der Waals surface area contributed by atoms with Crippen LogP contribution in [0, 0.1) is 6.92 Å². The predicted molar refractivity (Wildman–Crippen MR) is 130 cm³/mol. The Labute approximate surface area is 201 Å². The van der Waals surface area contributed by atoms with Crippen LogP contribution >= 0.6 is 11.8 Å². The van der Waals surface area contributed by atoms with Crippen LogP contribution in [0.4, 0.5) is 5.69 Å². The highest BCUT2D eigenvalue weighted by Gasteiger charge is 2.20. The largest absolute Gasteiger partial charge is 0.478 e. The summed E-state index contributed by atoms with van der Waals surface area (Å²) >= 11 is 1.18. The van der Waals surface area contributed by atoms with Crippen LogP contribution in [0.5, 0.6) is 0 Å². The van der Waals surface area contributed by atoms with Crippen molar-refractivity contribution in [2.45, 2.75) is 31.6 Å². The van der Waals surface area contributed by atoms with Gasteiger partial charge in [-0.2, -0.15) is 0 Å². The van der Waals surface area contributed by atoms with Gasteiger partial charge in [0.15, 0.2) is 11.0 Å². The highest BCUT2D eigenvalue weighted by atomic mass is 32.2. The van der Waals surface area contributed by atoms with Crippen LogP contribution in [0.2, 0.25) is 0 Å². The zero-order valence-electron chi connectivity index (χ0n) is 18.8. The first kappa shape index (κ1) is 24.7. The fourth-order valence-electron chi connectivity index (χ4n) is 3.22. The van der Waals surface area contributed by atoms with Gasteiger partial charge in [-0.3, -0.25) is 9.59 Å². The molecule has 0 aliphatic carbocycles. The summed E-state index contributed by atoms with van der Waals surface area (Å²) in [6.45, 7) is 7.90. The van der Waals surface area contributed by atoms with Gasteiger partial charge in [-0.15, -0.1) is 16.8 Å². The Kier molecular flexibility index (Phi) is 8.20. The van der Waals surface area contributed by atoms with Gasteiger partial charge in [0.25, 0.3) is 5.91 Å². The molecule has 0 aliphatic rings. The van der Waals surface area contributed by atoms with E-state index < -0.39 is 12.0 Å². The second-order valence-corrected chi connectivity index (χ2v) is 8.47. The average molecular weight is 480 g/mol. The van der Waals surface area contributed by atoms with Gasteiger partial charge in [0.05, 0.1) is 17.4 Å². The fourth-order valence-corrected chi connectivity index (χ4v) is 3.97. The summed E-state index contributed by atoms with van der Waals surface area (Å²) in [5, 5.41) is 23.6. The van der Waals surface area contributed by atoms with Crippen LogP contribution in [0.25, 0.3) is 0 Å². The Morgan fingerprint density at radius 1 is 1.15 bits per heavy atom. The van der Waals surface area contributed by atoms with Crippen LogP contribution < -0.4 is 10.6 Å². The van der Waals surface area contributed by atoms with Crippen molar-refractivity contribution in [2.24, 2.45) is 0 Å². The van der Waals surface area contributed by atoms with E-state index >= 15 is 0 Å². The van der Waals surface area contributed by atoms with Gasteiger partial charge in [-0.1, -0.05) is 41.6 Å². The van der Waals surface area contributed by atoms with Crippen molar-refractivity contribution in [3.05, 3.63) is 83.7 Å². The summed E-state index contributed by atoms with van der Waals surface area (Å²) in [6, 6.07) is 12.9. The minimum absolute atomic E-state index is 0.0383. The zero-order chi connectivity index (χ0) is 24.7. The predicted octanol–water partition coefficient (Wildman–Crippen LogP) is 3.69. The first-order valence-electron chi connectivity index (χ1n) is 10.5. The molecule has 0 spiro atoms. The number of nitrogens with zero attached hydrogens (tertiary/aromatic N) is 3. The molecule has 0 aliphatic heterocycles. The molecule has 3 rings (SSSR count). The third kappa shape index (κ3) is 6.32. The summed E-state index contributed by atoms with van der Waals surface area (Å²) < 4.78 is 1.79. The van der Waals surface area contributed by atoms with E-state index in [0.717, 1.165) is 5.56 Å². The number of anilines is 1. The number of carboxylic acid groups (broad SMARTS) is 1. The second kappa shape index (κ2) is 11.3. The van der Waals surface area contributed by atoms with E-state index in [0.29, 0.717) is 28.8 Å². The molecule has 0 fully saturated rings. The minimum atomic E-state index is -1.07. The minimum Gasteiger partial charge on any atom is -0.478 e. The maximum atomic E-state index is 12.6. The summed E-state index contributed by atoms with van der Waals surface area (Å²) in [5.41, 5.74) is 2.02. The maximum absolute atomic E-state index is 12.6. The van der Waals surface area contributed by atoms with Crippen LogP contribution in [0.3, 0.4) is 0 Å². The first-order valence-corrected chi connectivity index (χ1v) is 11.4. The summed E-state index contributed by atoms with van der Waals surface area (Å²) in [4.78, 5) is 36.1. The molecule has 3 N–H and O–H groups in total. The van der Waals surface area contributed by atoms with E-state index in [2.05, 4.69) is 27.4 Å². The number of rotatable bonds is 10. The van der Waals surface area contributed by atoms with Gasteiger partial charge in [0.1, 0.15) is 0 Å². The Morgan fingerprint density at radius 3 is 2.59 bits per heavy atom. The highest BCUT2D eigenvalue weighted by Crippen LogP contribution is 2.22. The van der Waals surface area contributed by atoms with E-state index in [4.69, 9.17) is 5.11 Å². The number of carbonyl (C=O) groups excluding carboxylic acids is 2. The normalized spacial score (nSPS) is 11.5. The topological polar surface area (TPSA) is 126 Å². The molecular formula is C24H25N5O4S. The van der Waals surface area contributed by atoms with Gasteiger partial charge >= 0.3 is 5.97 Å². The molecule has 3 aromatic rings. The monoisotopic (exact) mass is 479 g/mol. The number of aromatic nitrogens is 3. The molecule has 0 radical (unpaired) electrons. The lowest BCUT2D eigenvalue weighted by molar-refractivity contribution is -0.113. The molecule has 9 nitrogen and oxygen atoms in total. The van der Waals surface area contributed by atoms with Gasteiger partial charge in [-0.25, -0.2) is 4.79 Å². The molecule has 2 amide bonds. The van der Waals surface area contributed by atoms with E-state index in [1.165, 1.54) is 23.9 Å². The van der Waals surface area contributed by atoms with Crippen molar-refractivity contribution in [2.75, 3.05) is 11.1 Å². The summed E-state index contributed by atoms with van der Waals surface area (Å²) in [7, 11) is 0. The molecule has 1 heterocycles. The highest BCUT2D eigenvalue weighted by molar-refractivity contribution is 7.99. The average Bonchev–Trinajstić information content (AvgIpc) is 3.20. The van der Waals surface area contributed by atoms with Gasteiger partial charge < -0.3 is 20.3 Å². The lowest BCUT2D eigenvalue weighted by Gasteiger charge is -2.15. The molecule has 2 aromatic carbocycles. The quantitative estimate of drug-likeness (QED) is 0.299. The number of hydrogen-bond acceptors (Lipinski definition) is 6. The first-order chi connectivity index (χ1) is 16.3. The molecule has 0 bridgehead atoms. The Balaban J connectivity index is 1.66. The summed E-state index contributed by atoms with van der Waals surface area (Å²) in [6.07, 6.45) is 1.68. The fraction of sp³-hybridized carbons (Fsp3) is 0.208. The molecule has 0 saturated heterocycles. The van der Waals surface area contributed by atoms with Crippen molar-refractivity contribution in [1.29, 1.82) is 0 Å². The third-order valence-corrected chi connectivity index (χ3v) is 5.76. The van der Waals surface area contributed by atoms with Crippen molar-refractivity contribution >= 4 is 35.2 Å². The molecule has 10 heteroatoms. The lowest BCUT2D eigenvalue weighted by Crippen LogP contribution is -2.29. The van der Waals surface area contributed by atoms with Crippen LogP contribution in [0.1, 0.15) is 45.1 Å². The zero-order valence-corrected chi connectivity index (χ0v) is 19.6. The number of amides is 2. The smallest absolute Gasteiger partial charge is 0.335 e. The van der Waals surface area contributed by atoms with Gasteiger partial charge in [0, 0.05) is 17.8 Å². The van der Waals surface area contributed by atoms with Crippen molar-refractivity contribution < 1.29 is 19.5 Å². The molecule has 0 saturated carbocycles. The van der Waals surface area contributed by atoms with E-state index in [1.54, 1.807) is 28.8 Å². The second-order valence-electron chi connectivity index (χ2n) is 7.53. The molecule has 1 aromatic heterocycles. The molecule has 34 heavy (non-hydrogen) atoms. The summed E-state index contributed by atoms with van der Waals surface area (Å²) in [5.74, 6) is -1.03. The molecule has 176 valence electrons.